The van der Waals surface area contributed by atoms with Gasteiger partial charge in [0.15, 0.2) is 0 Å². The van der Waals surface area contributed by atoms with E-state index in [-0.39, 0.29) is 5.91 Å². The van der Waals surface area contributed by atoms with Crippen LogP contribution in [0.4, 0.5) is 0 Å². The molecular weight excluding hydrogens is 316 g/mol. The van der Waals surface area contributed by atoms with Crippen molar-refractivity contribution in [2.45, 2.75) is 13.0 Å². The second-order valence-corrected chi connectivity index (χ2v) is 5.33. The Labute approximate surface area is 137 Å². The van der Waals surface area contributed by atoms with Gasteiger partial charge in [-0.2, -0.15) is 4.98 Å². The Morgan fingerprint density at radius 2 is 1.87 bits per heavy atom. The summed E-state index contributed by atoms with van der Waals surface area (Å²) in [5, 5.41) is 7.36. The van der Waals surface area contributed by atoms with Crippen LogP contribution in [0.15, 0.2) is 53.3 Å². The van der Waals surface area contributed by atoms with Crippen LogP contribution in [0.5, 0.6) is 0 Å². The molecule has 23 heavy (non-hydrogen) atoms. The largest absolute Gasteiger partial charge is 0.341 e. The van der Waals surface area contributed by atoms with Gasteiger partial charge in [0.2, 0.25) is 11.7 Å². The van der Waals surface area contributed by atoms with Gasteiger partial charge < -0.3 is 9.84 Å². The fourth-order valence-electron chi connectivity index (χ4n) is 1.97. The molecule has 7 heteroatoms. The zero-order chi connectivity index (χ0) is 16.2. The molecule has 0 unspecified atom stereocenters. The van der Waals surface area contributed by atoms with E-state index >= 15 is 0 Å². The standard InChI is InChI=1S/C16H13ClN4O2/c1-10(19-15(22)12-6-8-18-9-7-12)16-20-14(21-23-16)11-2-4-13(17)5-3-11/h2-10H,1H3,(H,19,22)/t10-/m0/s1. The molecule has 1 N–H and O–H groups in total. The Balaban J connectivity index is 1.72. The molecule has 116 valence electrons. The number of amides is 1. The second-order valence-electron chi connectivity index (χ2n) is 4.89. The zero-order valence-corrected chi connectivity index (χ0v) is 13.0. The molecule has 3 aromatic rings. The van der Waals surface area contributed by atoms with Crippen LogP contribution < -0.4 is 5.32 Å². The van der Waals surface area contributed by atoms with Gasteiger partial charge in [0.05, 0.1) is 0 Å². The number of carbonyl (C=O) groups is 1. The molecule has 0 radical (unpaired) electrons. The highest BCUT2D eigenvalue weighted by atomic mass is 35.5. The minimum atomic E-state index is -0.413. The van der Waals surface area contributed by atoms with E-state index in [1.807, 2.05) is 0 Å². The highest BCUT2D eigenvalue weighted by Gasteiger charge is 2.18. The van der Waals surface area contributed by atoms with Gasteiger partial charge in [-0.3, -0.25) is 9.78 Å². The average Bonchev–Trinajstić information content (AvgIpc) is 3.06. The van der Waals surface area contributed by atoms with Crippen molar-refractivity contribution in [2.75, 3.05) is 0 Å². The first kappa shape index (κ1) is 15.2. The van der Waals surface area contributed by atoms with Crippen molar-refractivity contribution in [3.05, 3.63) is 65.3 Å². The first-order valence-corrected chi connectivity index (χ1v) is 7.32. The summed E-state index contributed by atoms with van der Waals surface area (Å²) in [7, 11) is 0. The van der Waals surface area contributed by atoms with E-state index in [4.69, 9.17) is 16.1 Å². The van der Waals surface area contributed by atoms with Crippen molar-refractivity contribution in [3.63, 3.8) is 0 Å². The molecule has 2 aromatic heterocycles. The highest BCUT2D eigenvalue weighted by molar-refractivity contribution is 6.30. The van der Waals surface area contributed by atoms with E-state index in [2.05, 4.69) is 20.4 Å². The topological polar surface area (TPSA) is 80.9 Å². The van der Waals surface area contributed by atoms with Gasteiger partial charge in [-0.05, 0) is 43.3 Å². The van der Waals surface area contributed by atoms with Crippen molar-refractivity contribution >= 4 is 17.5 Å². The SMILES string of the molecule is C[C@H](NC(=O)c1ccncc1)c1nc(-c2ccc(Cl)cc2)no1. The number of rotatable bonds is 4. The van der Waals surface area contributed by atoms with Crippen LogP contribution in [0, 0.1) is 0 Å². The summed E-state index contributed by atoms with van der Waals surface area (Å²) in [5.74, 6) is 0.546. The molecule has 3 rings (SSSR count). The van der Waals surface area contributed by atoms with Gasteiger partial charge >= 0.3 is 0 Å². The van der Waals surface area contributed by atoms with Gasteiger partial charge in [-0.25, -0.2) is 0 Å². The highest BCUT2D eigenvalue weighted by Crippen LogP contribution is 2.20. The third-order valence-electron chi connectivity index (χ3n) is 3.20. The second kappa shape index (κ2) is 6.58. The number of hydrogen-bond acceptors (Lipinski definition) is 5. The van der Waals surface area contributed by atoms with Crippen LogP contribution in [-0.2, 0) is 0 Å². The summed E-state index contributed by atoms with van der Waals surface area (Å²) < 4.78 is 5.23. The fourth-order valence-corrected chi connectivity index (χ4v) is 2.10. The molecule has 0 spiro atoms. The summed E-state index contributed by atoms with van der Waals surface area (Å²) in [6.07, 6.45) is 3.12. The van der Waals surface area contributed by atoms with Crippen LogP contribution >= 0.6 is 11.6 Å². The number of benzene rings is 1. The lowest BCUT2D eigenvalue weighted by Gasteiger charge is -2.09. The maximum atomic E-state index is 12.1. The van der Waals surface area contributed by atoms with Crippen LogP contribution in [-0.4, -0.2) is 21.0 Å². The number of hydrogen-bond donors (Lipinski definition) is 1. The monoisotopic (exact) mass is 328 g/mol. The molecular formula is C16H13ClN4O2. The summed E-state index contributed by atoms with van der Waals surface area (Å²) >= 11 is 5.85. The van der Waals surface area contributed by atoms with Crippen LogP contribution in [0.2, 0.25) is 5.02 Å². The quantitative estimate of drug-likeness (QED) is 0.795. The Morgan fingerprint density at radius 1 is 1.17 bits per heavy atom. The van der Waals surface area contributed by atoms with Crippen molar-refractivity contribution in [3.8, 4) is 11.4 Å². The molecule has 1 atom stereocenters. The third kappa shape index (κ3) is 3.54. The van der Waals surface area contributed by atoms with Gasteiger partial charge in [-0.15, -0.1) is 0 Å². The summed E-state index contributed by atoms with van der Waals surface area (Å²) in [5.41, 5.74) is 1.31. The smallest absolute Gasteiger partial charge is 0.252 e. The number of halogens is 1. The number of carbonyl (C=O) groups excluding carboxylic acids is 1. The van der Waals surface area contributed by atoms with Crippen molar-refractivity contribution in [1.29, 1.82) is 0 Å². The van der Waals surface area contributed by atoms with Gasteiger partial charge in [-0.1, -0.05) is 16.8 Å². The van der Waals surface area contributed by atoms with E-state index in [9.17, 15) is 4.79 Å². The Morgan fingerprint density at radius 3 is 2.57 bits per heavy atom. The summed E-state index contributed by atoms with van der Waals surface area (Å²) in [4.78, 5) is 20.3. The predicted octanol–water partition coefficient (Wildman–Crippen LogP) is 3.28. The lowest BCUT2D eigenvalue weighted by atomic mass is 10.2. The van der Waals surface area contributed by atoms with Gasteiger partial charge in [0.1, 0.15) is 6.04 Å². The molecule has 0 saturated carbocycles. The lowest BCUT2D eigenvalue weighted by molar-refractivity contribution is 0.0932. The molecule has 0 aliphatic carbocycles. The Hall–Kier alpha value is -2.73. The third-order valence-corrected chi connectivity index (χ3v) is 3.46. The van der Waals surface area contributed by atoms with E-state index in [0.29, 0.717) is 22.3 Å². The molecule has 0 aliphatic rings. The lowest BCUT2D eigenvalue weighted by Crippen LogP contribution is -2.26. The van der Waals surface area contributed by atoms with Crippen molar-refractivity contribution < 1.29 is 9.32 Å². The minimum Gasteiger partial charge on any atom is -0.341 e. The molecule has 0 fully saturated rings. The summed E-state index contributed by atoms with van der Waals surface area (Å²) in [6, 6.07) is 9.96. The van der Waals surface area contributed by atoms with E-state index in [1.165, 1.54) is 0 Å². The minimum absolute atomic E-state index is 0.230. The first-order valence-electron chi connectivity index (χ1n) is 6.94. The normalized spacial score (nSPS) is 11.9. The maximum absolute atomic E-state index is 12.1. The predicted molar refractivity (Wildman–Crippen MR) is 84.9 cm³/mol. The van der Waals surface area contributed by atoms with Crippen LogP contribution in [0.3, 0.4) is 0 Å². The molecule has 0 saturated heterocycles. The van der Waals surface area contributed by atoms with E-state index in [0.717, 1.165) is 5.56 Å². The van der Waals surface area contributed by atoms with Crippen molar-refractivity contribution in [2.24, 2.45) is 0 Å². The van der Waals surface area contributed by atoms with Crippen LogP contribution in [0.1, 0.15) is 29.2 Å². The van der Waals surface area contributed by atoms with Crippen molar-refractivity contribution in [1.82, 2.24) is 20.4 Å². The van der Waals surface area contributed by atoms with E-state index in [1.54, 1.807) is 55.7 Å². The van der Waals surface area contributed by atoms with E-state index < -0.39 is 6.04 Å². The molecule has 2 heterocycles. The van der Waals surface area contributed by atoms with Gasteiger partial charge in [0.25, 0.3) is 5.91 Å². The maximum Gasteiger partial charge on any atom is 0.252 e. The first-order chi connectivity index (χ1) is 11.1. The average molecular weight is 329 g/mol. The molecule has 6 nitrogen and oxygen atoms in total. The Bertz CT molecular complexity index is 802. The van der Waals surface area contributed by atoms with Crippen LogP contribution in [0.25, 0.3) is 11.4 Å². The number of nitrogens with zero attached hydrogens (tertiary/aromatic N) is 3. The number of aromatic nitrogens is 3. The zero-order valence-electron chi connectivity index (χ0n) is 12.2. The number of pyridine rings is 1. The molecule has 0 bridgehead atoms. The summed E-state index contributed by atoms with van der Waals surface area (Å²) in [6.45, 7) is 1.78. The molecule has 1 aromatic carbocycles. The number of nitrogens with one attached hydrogen (secondary N) is 1. The van der Waals surface area contributed by atoms with Gasteiger partial charge in [0, 0.05) is 28.5 Å². The fraction of sp³-hybridized carbons (Fsp3) is 0.125. The Kier molecular flexibility index (Phi) is 4.34. The molecule has 0 aliphatic heterocycles. The molecule has 1 amide bonds.